The molecule has 1 saturated heterocycles. The van der Waals surface area contributed by atoms with Crippen LogP contribution in [0.3, 0.4) is 0 Å². The number of aliphatic carboxylic acids is 2. The van der Waals surface area contributed by atoms with Crippen molar-refractivity contribution in [3.63, 3.8) is 0 Å². The highest BCUT2D eigenvalue weighted by molar-refractivity contribution is 6.42. The van der Waals surface area contributed by atoms with Gasteiger partial charge < -0.3 is 25.0 Å². The monoisotopic (exact) mass is 445 g/mol. The molecule has 0 amide bonds. The second kappa shape index (κ2) is 11.0. The Balaban J connectivity index is 0.000000438. The van der Waals surface area contributed by atoms with Crippen LogP contribution in [0.4, 0.5) is 0 Å². The number of halogens is 2. The normalized spacial score (nSPS) is 14.7. The van der Waals surface area contributed by atoms with Gasteiger partial charge in [0, 0.05) is 18.8 Å². The summed E-state index contributed by atoms with van der Waals surface area (Å²) in [6, 6.07) is 7.04. The van der Waals surface area contributed by atoms with Crippen molar-refractivity contribution in [2.45, 2.75) is 18.9 Å². The largest absolute Gasteiger partial charge is 0.474 e. The predicted molar refractivity (Wildman–Crippen MR) is 106 cm³/mol. The highest BCUT2D eigenvalue weighted by atomic mass is 35.5. The van der Waals surface area contributed by atoms with E-state index in [9.17, 15) is 5.11 Å². The molecule has 3 N–H and O–H groups in total. The van der Waals surface area contributed by atoms with E-state index >= 15 is 0 Å². The molecule has 29 heavy (non-hydrogen) atoms. The van der Waals surface area contributed by atoms with E-state index in [1.165, 1.54) is 12.8 Å². The Morgan fingerprint density at radius 1 is 1.10 bits per heavy atom. The van der Waals surface area contributed by atoms with E-state index in [0.29, 0.717) is 22.5 Å². The first-order valence-electron chi connectivity index (χ1n) is 8.77. The molecule has 0 spiro atoms. The van der Waals surface area contributed by atoms with E-state index in [1.807, 2.05) is 6.07 Å². The molecule has 11 heteroatoms. The zero-order chi connectivity index (χ0) is 21.4. The third-order valence-electron chi connectivity index (χ3n) is 4.01. The van der Waals surface area contributed by atoms with Crippen molar-refractivity contribution < 1.29 is 29.6 Å². The average Bonchev–Trinajstić information content (AvgIpc) is 3.34. The Morgan fingerprint density at radius 2 is 1.76 bits per heavy atom. The molecule has 1 unspecified atom stereocenters. The van der Waals surface area contributed by atoms with Crippen molar-refractivity contribution in [1.29, 1.82) is 0 Å². The van der Waals surface area contributed by atoms with Gasteiger partial charge in [0.05, 0.1) is 15.7 Å². The van der Waals surface area contributed by atoms with E-state index in [4.69, 9.17) is 47.7 Å². The molecule has 158 valence electrons. The van der Waals surface area contributed by atoms with Gasteiger partial charge in [0.1, 0.15) is 12.7 Å². The summed E-state index contributed by atoms with van der Waals surface area (Å²) in [5, 5.41) is 30.1. The summed E-state index contributed by atoms with van der Waals surface area (Å²) in [6.45, 7) is 2.99. The number of nitrogens with zero attached hydrogens (tertiary/aromatic N) is 3. The molecule has 3 rings (SSSR count). The number of hydrogen-bond donors (Lipinski definition) is 3. The van der Waals surface area contributed by atoms with E-state index in [0.717, 1.165) is 18.8 Å². The van der Waals surface area contributed by atoms with Crippen molar-refractivity contribution in [2.75, 3.05) is 26.2 Å². The first-order valence-corrected chi connectivity index (χ1v) is 9.52. The number of benzene rings is 1. The van der Waals surface area contributed by atoms with Crippen LogP contribution in [0.25, 0.3) is 5.69 Å². The molecular weight excluding hydrogens is 425 g/mol. The van der Waals surface area contributed by atoms with Crippen LogP contribution < -0.4 is 4.74 Å². The number of aromatic nitrogens is 2. The lowest BCUT2D eigenvalue weighted by atomic mass is 10.3. The second-order valence-corrected chi connectivity index (χ2v) is 7.09. The fourth-order valence-corrected chi connectivity index (χ4v) is 2.95. The summed E-state index contributed by atoms with van der Waals surface area (Å²) in [5.74, 6) is -3.18. The third-order valence-corrected chi connectivity index (χ3v) is 4.75. The van der Waals surface area contributed by atoms with Gasteiger partial charge in [-0.25, -0.2) is 14.3 Å². The Bertz CT molecular complexity index is 827. The zero-order valence-electron chi connectivity index (χ0n) is 15.4. The van der Waals surface area contributed by atoms with Crippen LogP contribution >= 0.6 is 23.2 Å². The quantitative estimate of drug-likeness (QED) is 0.577. The standard InChI is InChI=1S/C16H19Cl2N3O2.C2H2O4/c17-14-4-3-12(9-15(14)18)21-8-5-16(19-21)23-11-13(22)10-20-6-1-2-7-20;3-1(4)2(5)6/h3-5,8-9,13,22H,1-2,6-7,10-11H2;(H,3,4)(H,5,6). The summed E-state index contributed by atoms with van der Waals surface area (Å²) >= 11 is 11.9. The zero-order valence-corrected chi connectivity index (χ0v) is 16.9. The molecule has 1 aromatic heterocycles. The molecule has 1 aliphatic heterocycles. The van der Waals surface area contributed by atoms with Crippen LogP contribution in [0.5, 0.6) is 5.88 Å². The molecule has 2 heterocycles. The number of aliphatic hydroxyl groups is 1. The maximum Gasteiger partial charge on any atom is 0.414 e. The Morgan fingerprint density at radius 3 is 2.34 bits per heavy atom. The molecule has 0 saturated carbocycles. The van der Waals surface area contributed by atoms with Gasteiger partial charge in [-0.15, -0.1) is 5.10 Å². The van der Waals surface area contributed by atoms with Crippen LogP contribution in [-0.4, -0.2) is 74.3 Å². The minimum absolute atomic E-state index is 0.231. The van der Waals surface area contributed by atoms with Crippen LogP contribution in [-0.2, 0) is 9.59 Å². The lowest BCUT2D eigenvalue weighted by Crippen LogP contribution is -2.33. The number of ether oxygens (including phenoxy) is 1. The maximum absolute atomic E-state index is 10.0. The van der Waals surface area contributed by atoms with Crippen molar-refractivity contribution >= 4 is 35.1 Å². The fraction of sp³-hybridized carbons (Fsp3) is 0.389. The minimum atomic E-state index is -1.82. The number of carbonyl (C=O) groups is 2. The van der Waals surface area contributed by atoms with Gasteiger partial charge in [-0.05, 0) is 44.1 Å². The van der Waals surface area contributed by atoms with Crippen molar-refractivity contribution in [3.05, 3.63) is 40.5 Å². The van der Waals surface area contributed by atoms with E-state index in [2.05, 4.69) is 10.00 Å². The third kappa shape index (κ3) is 7.54. The Hall–Kier alpha value is -2.33. The summed E-state index contributed by atoms with van der Waals surface area (Å²) in [4.78, 5) is 20.5. The molecule has 0 aliphatic carbocycles. The summed E-state index contributed by atoms with van der Waals surface area (Å²) in [5.41, 5.74) is 0.798. The van der Waals surface area contributed by atoms with E-state index in [1.54, 1.807) is 29.1 Å². The first-order chi connectivity index (χ1) is 13.8. The number of rotatable bonds is 6. The average molecular weight is 446 g/mol. The molecule has 2 aromatic rings. The Labute approximate surface area is 177 Å². The lowest BCUT2D eigenvalue weighted by Gasteiger charge is -2.18. The van der Waals surface area contributed by atoms with Crippen LogP contribution in [0.1, 0.15) is 12.8 Å². The molecular formula is C18H21Cl2N3O6. The number of carboxylic acid groups (broad SMARTS) is 2. The second-order valence-electron chi connectivity index (χ2n) is 6.28. The SMILES string of the molecule is O=C(O)C(=O)O.OC(COc1ccn(-c2ccc(Cl)c(Cl)c2)n1)CN1CCCC1. The summed E-state index contributed by atoms with van der Waals surface area (Å²) < 4.78 is 7.22. The minimum Gasteiger partial charge on any atom is -0.474 e. The summed E-state index contributed by atoms with van der Waals surface area (Å²) in [6.07, 6.45) is 3.69. The molecule has 9 nitrogen and oxygen atoms in total. The topological polar surface area (TPSA) is 125 Å². The van der Waals surface area contributed by atoms with Crippen molar-refractivity contribution in [3.8, 4) is 11.6 Å². The van der Waals surface area contributed by atoms with Gasteiger partial charge in [0.15, 0.2) is 0 Å². The van der Waals surface area contributed by atoms with Gasteiger partial charge in [-0.2, -0.15) is 0 Å². The number of likely N-dealkylation sites (tertiary alicyclic amines) is 1. The fourth-order valence-electron chi connectivity index (χ4n) is 2.65. The lowest BCUT2D eigenvalue weighted by molar-refractivity contribution is -0.159. The number of carboxylic acids is 2. The maximum atomic E-state index is 10.0. The van der Waals surface area contributed by atoms with Crippen LogP contribution in [0.2, 0.25) is 10.0 Å². The number of hydrogen-bond acceptors (Lipinski definition) is 6. The molecule has 1 fully saturated rings. The van der Waals surface area contributed by atoms with Crippen molar-refractivity contribution in [2.24, 2.45) is 0 Å². The summed E-state index contributed by atoms with van der Waals surface area (Å²) in [7, 11) is 0. The molecule has 0 bridgehead atoms. The highest BCUT2D eigenvalue weighted by Crippen LogP contribution is 2.24. The molecule has 0 radical (unpaired) electrons. The van der Waals surface area contributed by atoms with Gasteiger partial charge in [-0.1, -0.05) is 23.2 Å². The highest BCUT2D eigenvalue weighted by Gasteiger charge is 2.16. The van der Waals surface area contributed by atoms with E-state index in [-0.39, 0.29) is 6.61 Å². The number of aliphatic hydroxyl groups excluding tert-OH is 1. The molecule has 1 aromatic carbocycles. The Kier molecular flexibility index (Phi) is 8.71. The van der Waals surface area contributed by atoms with Crippen molar-refractivity contribution in [1.82, 2.24) is 14.7 Å². The van der Waals surface area contributed by atoms with E-state index < -0.39 is 18.0 Å². The number of β-amino-alcohol motifs (C(OH)–C–C–N with tert-alkyl or cyclic N) is 1. The van der Waals surface area contributed by atoms with Gasteiger partial charge >= 0.3 is 11.9 Å². The first kappa shape index (κ1) is 23.0. The van der Waals surface area contributed by atoms with Gasteiger partial charge in [-0.3, -0.25) is 0 Å². The molecule has 1 aliphatic rings. The predicted octanol–water partition coefficient (Wildman–Crippen LogP) is 2.17. The van der Waals surface area contributed by atoms with Gasteiger partial charge in [0.25, 0.3) is 0 Å². The van der Waals surface area contributed by atoms with Crippen LogP contribution in [0.15, 0.2) is 30.5 Å². The smallest absolute Gasteiger partial charge is 0.414 e. The van der Waals surface area contributed by atoms with Crippen LogP contribution in [0, 0.1) is 0 Å². The molecule has 1 atom stereocenters. The van der Waals surface area contributed by atoms with Gasteiger partial charge in [0.2, 0.25) is 5.88 Å².